The van der Waals surface area contributed by atoms with E-state index in [1.165, 1.54) is 0 Å². The van der Waals surface area contributed by atoms with Crippen LogP contribution in [0.5, 0.6) is 0 Å². The first-order valence-electron chi connectivity index (χ1n) is 1.64. The SMILES string of the molecule is [Br-].[CH2-]CCC=O.[Zn+2]. The first kappa shape index (κ1) is 15.7. The van der Waals surface area contributed by atoms with Gasteiger partial charge in [-0.15, -0.1) is 0 Å². The fraction of sp³-hybridized carbons (Fsp3) is 0.500. The van der Waals surface area contributed by atoms with Gasteiger partial charge in [-0.05, 0) is 6.42 Å². The maximum absolute atomic E-state index is 9.36. The molecule has 0 bridgehead atoms. The van der Waals surface area contributed by atoms with E-state index in [0.29, 0.717) is 6.42 Å². The predicted molar refractivity (Wildman–Crippen MR) is 20.7 cm³/mol. The number of halogens is 1. The van der Waals surface area contributed by atoms with Gasteiger partial charge < -0.3 is 28.7 Å². The zero-order chi connectivity index (χ0) is 4.12. The second-order valence-corrected chi connectivity index (χ2v) is 0.809. The van der Waals surface area contributed by atoms with Crippen molar-refractivity contribution < 1.29 is 41.3 Å². The van der Waals surface area contributed by atoms with Gasteiger partial charge >= 0.3 is 19.5 Å². The van der Waals surface area contributed by atoms with Gasteiger partial charge in [-0.2, -0.15) is 6.42 Å². The van der Waals surface area contributed by atoms with E-state index in [-0.39, 0.29) is 36.5 Å². The van der Waals surface area contributed by atoms with Gasteiger partial charge in [0.05, 0.1) is 0 Å². The molecule has 0 aromatic carbocycles. The van der Waals surface area contributed by atoms with Crippen molar-refractivity contribution in [3.05, 3.63) is 6.92 Å². The monoisotopic (exact) mass is 214 g/mol. The van der Waals surface area contributed by atoms with E-state index in [1.54, 1.807) is 0 Å². The molecule has 0 amide bonds. The fourth-order valence-corrected chi connectivity index (χ4v) is 0.0833. The number of rotatable bonds is 2. The average molecular weight is 216 g/mol. The second-order valence-electron chi connectivity index (χ2n) is 0.809. The Morgan fingerprint density at radius 1 is 1.57 bits per heavy atom. The summed E-state index contributed by atoms with van der Waals surface area (Å²) >= 11 is 0. The maximum atomic E-state index is 9.36. The molecule has 0 fully saturated rings. The van der Waals surface area contributed by atoms with Crippen LogP contribution in [0.1, 0.15) is 12.8 Å². The van der Waals surface area contributed by atoms with E-state index in [2.05, 4.69) is 6.92 Å². The molecule has 0 saturated heterocycles. The van der Waals surface area contributed by atoms with Crippen molar-refractivity contribution in [1.29, 1.82) is 0 Å². The summed E-state index contributed by atoms with van der Waals surface area (Å²) < 4.78 is 0. The number of hydrogen-bond donors (Lipinski definition) is 0. The standard InChI is InChI=1S/C4H7O.BrH.Zn/c1-2-3-4-5;;/h4H,1-3H2;1H;/q-1;;+2/p-1. The molecule has 1 nitrogen and oxygen atoms in total. The molecule has 0 atom stereocenters. The molecule has 3 heteroatoms. The van der Waals surface area contributed by atoms with E-state index < -0.39 is 0 Å². The van der Waals surface area contributed by atoms with Gasteiger partial charge in [0.15, 0.2) is 0 Å². The Bertz CT molecular complexity index is 32.9. The van der Waals surface area contributed by atoms with Crippen LogP contribution in [0.4, 0.5) is 0 Å². The molecule has 0 rings (SSSR count). The minimum Gasteiger partial charge on any atom is -1.00 e. The largest absolute Gasteiger partial charge is 2.00 e. The molecule has 0 aliphatic heterocycles. The molecular weight excluding hydrogens is 209 g/mol. The van der Waals surface area contributed by atoms with Crippen LogP contribution in [0.3, 0.4) is 0 Å². The van der Waals surface area contributed by atoms with Gasteiger partial charge in [-0.1, -0.05) is 0 Å². The number of carbonyl (C=O) groups is 1. The Kier molecular flexibility index (Phi) is 35.5. The van der Waals surface area contributed by atoms with Crippen molar-refractivity contribution >= 4 is 6.29 Å². The van der Waals surface area contributed by atoms with Crippen molar-refractivity contribution in [2.45, 2.75) is 12.8 Å². The minimum absolute atomic E-state index is 0. The first-order valence-corrected chi connectivity index (χ1v) is 1.64. The summed E-state index contributed by atoms with van der Waals surface area (Å²) in [5, 5.41) is 0. The summed E-state index contributed by atoms with van der Waals surface area (Å²) in [6.45, 7) is 3.44. The number of unbranched alkanes of at least 4 members (excludes halogenated alkanes) is 1. The summed E-state index contributed by atoms with van der Waals surface area (Å²) in [6.07, 6.45) is 2.19. The molecule has 0 spiro atoms. The quantitative estimate of drug-likeness (QED) is 0.291. The molecule has 7 heavy (non-hydrogen) atoms. The second kappa shape index (κ2) is 15.9. The van der Waals surface area contributed by atoms with Crippen molar-refractivity contribution in [1.82, 2.24) is 0 Å². The molecule has 38 valence electrons. The number of carbonyl (C=O) groups excluding carboxylic acids is 1. The molecule has 0 N–H and O–H groups in total. The van der Waals surface area contributed by atoms with Crippen LogP contribution in [0.2, 0.25) is 0 Å². The Labute approximate surface area is 67.4 Å². The van der Waals surface area contributed by atoms with E-state index in [9.17, 15) is 4.79 Å². The van der Waals surface area contributed by atoms with Gasteiger partial charge in [-0.3, -0.25) is 0 Å². The van der Waals surface area contributed by atoms with Crippen LogP contribution in [0.15, 0.2) is 0 Å². The molecule has 0 aromatic heterocycles. The zero-order valence-corrected chi connectivity index (χ0v) is 8.75. The topological polar surface area (TPSA) is 17.1 Å². The van der Waals surface area contributed by atoms with Crippen LogP contribution in [-0.2, 0) is 24.3 Å². The van der Waals surface area contributed by atoms with Crippen LogP contribution < -0.4 is 17.0 Å². The molecule has 0 aliphatic carbocycles. The van der Waals surface area contributed by atoms with Crippen molar-refractivity contribution in [2.24, 2.45) is 0 Å². The average Bonchev–Trinajstić information content (AvgIpc) is 1.41. The van der Waals surface area contributed by atoms with E-state index in [0.717, 1.165) is 12.7 Å². The number of hydrogen-bond acceptors (Lipinski definition) is 1. The summed E-state index contributed by atoms with van der Waals surface area (Å²) in [7, 11) is 0. The maximum Gasteiger partial charge on any atom is 2.00 e. The Hall–Kier alpha value is 0.773. The predicted octanol–water partition coefficient (Wildman–Crippen LogP) is -2.20. The van der Waals surface area contributed by atoms with Crippen molar-refractivity contribution in [2.75, 3.05) is 0 Å². The van der Waals surface area contributed by atoms with Crippen molar-refractivity contribution in [3.63, 3.8) is 0 Å². The molecule has 0 radical (unpaired) electrons. The van der Waals surface area contributed by atoms with Crippen LogP contribution in [0.25, 0.3) is 0 Å². The minimum atomic E-state index is 0. The van der Waals surface area contributed by atoms with Crippen molar-refractivity contribution in [3.8, 4) is 0 Å². The zero-order valence-electron chi connectivity index (χ0n) is 4.19. The summed E-state index contributed by atoms with van der Waals surface area (Å²) in [4.78, 5) is 9.36. The number of aldehydes is 1. The first-order chi connectivity index (χ1) is 2.41. The molecule has 0 aliphatic rings. The Morgan fingerprint density at radius 3 is 2.00 bits per heavy atom. The molecule has 0 unspecified atom stereocenters. The van der Waals surface area contributed by atoms with Gasteiger partial charge in [0.2, 0.25) is 0 Å². The smallest absolute Gasteiger partial charge is 1.00 e. The Morgan fingerprint density at radius 2 is 2.00 bits per heavy atom. The normalized spacial score (nSPS) is 5.29. The van der Waals surface area contributed by atoms with Gasteiger partial charge in [0, 0.05) is 0 Å². The summed E-state index contributed by atoms with van der Waals surface area (Å²) in [5.74, 6) is 0. The molecule has 0 aromatic rings. The third-order valence-electron chi connectivity index (χ3n) is 0.322. The van der Waals surface area contributed by atoms with Gasteiger partial charge in [-0.25, -0.2) is 0 Å². The third-order valence-corrected chi connectivity index (χ3v) is 0.322. The van der Waals surface area contributed by atoms with Gasteiger partial charge in [0.25, 0.3) is 0 Å². The van der Waals surface area contributed by atoms with E-state index in [4.69, 9.17) is 0 Å². The third kappa shape index (κ3) is 20.1. The van der Waals surface area contributed by atoms with Gasteiger partial charge in [0.1, 0.15) is 6.29 Å². The summed E-state index contributed by atoms with van der Waals surface area (Å²) in [6, 6.07) is 0. The Balaban J connectivity index is -0.0000000800. The fourth-order valence-electron chi connectivity index (χ4n) is 0.0833. The van der Waals surface area contributed by atoms with Crippen LogP contribution in [0, 0.1) is 6.92 Å². The van der Waals surface area contributed by atoms with E-state index in [1.807, 2.05) is 0 Å². The van der Waals surface area contributed by atoms with Crippen LogP contribution >= 0.6 is 0 Å². The molecule has 0 saturated carbocycles. The molecular formula is C4H7BrOZn. The summed E-state index contributed by atoms with van der Waals surface area (Å²) in [5.41, 5.74) is 0. The molecule has 0 heterocycles. The van der Waals surface area contributed by atoms with E-state index >= 15 is 0 Å². The van der Waals surface area contributed by atoms with Crippen LogP contribution in [-0.4, -0.2) is 6.29 Å².